The minimum absolute atomic E-state index is 0.0195. The fourth-order valence-electron chi connectivity index (χ4n) is 2.03. The number of anilines is 2. The van der Waals surface area contributed by atoms with Crippen LogP contribution in [0.4, 0.5) is 10.8 Å². The van der Waals surface area contributed by atoms with Gasteiger partial charge in [-0.2, -0.15) is 4.37 Å². The van der Waals surface area contributed by atoms with Crippen molar-refractivity contribution in [3.8, 4) is 5.75 Å². The van der Waals surface area contributed by atoms with Crippen molar-refractivity contribution in [2.24, 2.45) is 5.92 Å². The third kappa shape index (κ3) is 3.73. The summed E-state index contributed by atoms with van der Waals surface area (Å²) in [5, 5.41) is 3.98. The summed E-state index contributed by atoms with van der Waals surface area (Å²) in [6.07, 6.45) is 0.732. The Balaban J connectivity index is 1.96. The summed E-state index contributed by atoms with van der Waals surface area (Å²) in [5.41, 5.74) is 5.75. The van der Waals surface area contributed by atoms with Crippen molar-refractivity contribution in [1.82, 2.24) is 4.37 Å². The van der Waals surface area contributed by atoms with Gasteiger partial charge in [0.15, 0.2) is 26.4 Å². The monoisotopic (exact) mass is 305 g/mol. The Morgan fingerprint density at radius 2 is 2.32 bits per heavy atom. The van der Waals surface area contributed by atoms with Crippen molar-refractivity contribution in [3.05, 3.63) is 0 Å². The lowest BCUT2D eigenvalue weighted by atomic mass is 10.1. The molecule has 1 atom stereocenters. The molecule has 0 radical (unpaired) electrons. The smallest absolute Gasteiger partial charge is 0.197 e. The van der Waals surface area contributed by atoms with E-state index < -0.39 is 9.84 Å². The van der Waals surface area contributed by atoms with Crippen LogP contribution in [0.1, 0.15) is 20.3 Å². The average molecular weight is 305 g/mol. The molecule has 1 unspecified atom stereocenters. The van der Waals surface area contributed by atoms with E-state index in [4.69, 9.17) is 10.5 Å². The van der Waals surface area contributed by atoms with Gasteiger partial charge in [0.25, 0.3) is 0 Å². The van der Waals surface area contributed by atoms with Crippen molar-refractivity contribution in [3.63, 3.8) is 0 Å². The largest absolute Gasteiger partial charge is 0.484 e. The highest BCUT2D eigenvalue weighted by Crippen LogP contribution is 2.36. The van der Waals surface area contributed by atoms with Crippen LogP contribution in [-0.4, -0.2) is 36.9 Å². The Morgan fingerprint density at radius 3 is 2.89 bits per heavy atom. The molecule has 1 fully saturated rings. The second kappa shape index (κ2) is 5.54. The molecule has 1 aromatic heterocycles. The SMILES string of the molecule is CC(C)Oc1c(N)nsc1NCC1CCS(=O)(=O)C1. The van der Waals surface area contributed by atoms with Crippen molar-refractivity contribution >= 4 is 32.2 Å². The van der Waals surface area contributed by atoms with Gasteiger partial charge in [0.05, 0.1) is 17.6 Å². The minimum Gasteiger partial charge on any atom is -0.484 e. The van der Waals surface area contributed by atoms with Crippen LogP contribution in [0.25, 0.3) is 0 Å². The molecule has 1 saturated heterocycles. The van der Waals surface area contributed by atoms with Crippen LogP contribution in [0.2, 0.25) is 0 Å². The molecule has 2 rings (SSSR count). The average Bonchev–Trinajstić information content (AvgIpc) is 2.81. The van der Waals surface area contributed by atoms with E-state index in [2.05, 4.69) is 9.69 Å². The summed E-state index contributed by atoms with van der Waals surface area (Å²) >= 11 is 1.24. The first-order valence-corrected chi connectivity index (χ1v) is 8.83. The summed E-state index contributed by atoms with van der Waals surface area (Å²) in [7, 11) is -2.83. The van der Waals surface area contributed by atoms with Crippen LogP contribution in [0.3, 0.4) is 0 Å². The molecule has 3 N–H and O–H groups in total. The van der Waals surface area contributed by atoms with E-state index in [1.807, 2.05) is 13.8 Å². The molecule has 8 heteroatoms. The summed E-state index contributed by atoms with van der Waals surface area (Å²) < 4.78 is 32.4. The number of nitrogens with zero attached hydrogens (tertiary/aromatic N) is 1. The Hall–Kier alpha value is -1.02. The lowest BCUT2D eigenvalue weighted by Gasteiger charge is -2.13. The van der Waals surface area contributed by atoms with E-state index in [0.717, 1.165) is 5.00 Å². The number of aromatic nitrogens is 1. The molecule has 0 amide bonds. The molecular weight excluding hydrogens is 286 g/mol. The Kier molecular flexibility index (Phi) is 4.19. The van der Waals surface area contributed by atoms with Crippen molar-refractivity contribution in [2.75, 3.05) is 29.1 Å². The number of rotatable bonds is 5. The maximum absolute atomic E-state index is 11.4. The molecule has 0 aliphatic carbocycles. The van der Waals surface area contributed by atoms with Gasteiger partial charge in [-0.15, -0.1) is 0 Å². The molecule has 19 heavy (non-hydrogen) atoms. The molecule has 0 aromatic carbocycles. The van der Waals surface area contributed by atoms with Gasteiger partial charge in [0.1, 0.15) is 0 Å². The fourth-order valence-corrected chi connectivity index (χ4v) is 4.54. The Morgan fingerprint density at radius 1 is 1.58 bits per heavy atom. The van der Waals surface area contributed by atoms with Gasteiger partial charge in [-0.1, -0.05) is 0 Å². The van der Waals surface area contributed by atoms with E-state index in [9.17, 15) is 8.42 Å². The zero-order chi connectivity index (χ0) is 14.0. The lowest BCUT2D eigenvalue weighted by molar-refractivity contribution is 0.245. The molecule has 108 valence electrons. The second-order valence-electron chi connectivity index (χ2n) is 5.04. The molecule has 0 saturated carbocycles. The summed E-state index contributed by atoms with van der Waals surface area (Å²) in [6.45, 7) is 4.45. The molecule has 6 nitrogen and oxygen atoms in total. The van der Waals surface area contributed by atoms with Crippen LogP contribution in [-0.2, 0) is 9.84 Å². The number of nitrogen functional groups attached to an aromatic ring is 1. The number of nitrogens with two attached hydrogens (primary N) is 1. The van der Waals surface area contributed by atoms with Gasteiger partial charge >= 0.3 is 0 Å². The quantitative estimate of drug-likeness (QED) is 0.853. The van der Waals surface area contributed by atoms with Gasteiger partial charge < -0.3 is 15.8 Å². The number of ether oxygens (including phenoxy) is 1. The van der Waals surface area contributed by atoms with Crippen LogP contribution in [0, 0.1) is 5.92 Å². The highest BCUT2D eigenvalue weighted by Gasteiger charge is 2.28. The maximum atomic E-state index is 11.4. The van der Waals surface area contributed by atoms with Crippen LogP contribution < -0.4 is 15.8 Å². The predicted molar refractivity (Wildman–Crippen MR) is 77.5 cm³/mol. The number of sulfone groups is 1. The Labute approximate surface area is 117 Å². The van der Waals surface area contributed by atoms with E-state index in [0.29, 0.717) is 30.3 Å². The highest BCUT2D eigenvalue weighted by atomic mass is 32.2. The highest BCUT2D eigenvalue weighted by molar-refractivity contribution is 7.91. The molecule has 1 aliphatic rings. The van der Waals surface area contributed by atoms with Crippen molar-refractivity contribution in [1.29, 1.82) is 0 Å². The number of hydrogen-bond acceptors (Lipinski definition) is 7. The van der Waals surface area contributed by atoms with E-state index in [1.165, 1.54) is 11.5 Å². The standard InChI is InChI=1S/C11H19N3O3S2/c1-7(2)17-9-10(12)14-18-11(9)13-5-8-3-4-19(15,16)6-8/h7-8,13H,3-6H2,1-2H3,(H2,12,14). The normalized spacial score (nSPS) is 21.7. The predicted octanol–water partition coefficient (Wildman–Crippen LogP) is 1.36. The first-order chi connectivity index (χ1) is 8.87. The minimum atomic E-state index is -2.83. The van der Waals surface area contributed by atoms with E-state index >= 15 is 0 Å². The number of nitrogens with one attached hydrogen (secondary N) is 1. The molecule has 1 aliphatic heterocycles. The third-order valence-electron chi connectivity index (χ3n) is 2.91. The molecule has 0 bridgehead atoms. The first kappa shape index (κ1) is 14.4. The first-order valence-electron chi connectivity index (χ1n) is 6.23. The lowest BCUT2D eigenvalue weighted by Crippen LogP contribution is -2.16. The van der Waals surface area contributed by atoms with Crippen LogP contribution >= 0.6 is 11.5 Å². The zero-order valence-corrected chi connectivity index (χ0v) is 12.7. The number of hydrogen-bond donors (Lipinski definition) is 2. The van der Waals surface area contributed by atoms with Gasteiger partial charge in [-0.25, -0.2) is 8.42 Å². The Bertz CT molecular complexity index is 539. The maximum Gasteiger partial charge on any atom is 0.197 e. The van der Waals surface area contributed by atoms with Crippen molar-refractivity contribution in [2.45, 2.75) is 26.4 Å². The van der Waals surface area contributed by atoms with Gasteiger partial charge in [-0.05, 0) is 37.7 Å². The molecule has 1 aromatic rings. The van der Waals surface area contributed by atoms with Gasteiger partial charge in [0.2, 0.25) is 0 Å². The topological polar surface area (TPSA) is 94.3 Å². The van der Waals surface area contributed by atoms with Crippen LogP contribution in [0.5, 0.6) is 5.75 Å². The summed E-state index contributed by atoms with van der Waals surface area (Å²) in [4.78, 5) is 0. The summed E-state index contributed by atoms with van der Waals surface area (Å²) in [6, 6.07) is 0. The zero-order valence-electron chi connectivity index (χ0n) is 11.0. The second-order valence-corrected chi connectivity index (χ2v) is 8.04. The molecule has 0 spiro atoms. The van der Waals surface area contributed by atoms with Gasteiger partial charge in [-0.3, -0.25) is 0 Å². The summed E-state index contributed by atoms with van der Waals surface area (Å²) in [5.74, 6) is 1.65. The third-order valence-corrected chi connectivity index (χ3v) is 5.54. The van der Waals surface area contributed by atoms with Crippen LogP contribution in [0.15, 0.2) is 0 Å². The van der Waals surface area contributed by atoms with Crippen molar-refractivity contribution < 1.29 is 13.2 Å². The van der Waals surface area contributed by atoms with Gasteiger partial charge in [0, 0.05) is 6.54 Å². The molecular formula is C11H19N3O3S2. The van der Waals surface area contributed by atoms with E-state index in [-0.39, 0.29) is 17.8 Å². The van der Waals surface area contributed by atoms with E-state index in [1.54, 1.807) is 0 Å². The fraction of sp³-hybridized carbons (Fsp3) is 0.727. The molecule has 2 heterocycles.